The zero-order chi connectivity index (χ0) is 17.4. The molecule has 0 unspecified atom stereocenters. The summed E-state index contributed by atoms with van der Waals surface area (Å²) in [5.41, 5.74) is 3.37. The number of anilines is 1. The fraction of sp³-hybridized carbons (Fsp3) is 0.222. The summed E-state index contributed by atoms with van der Waals surface area (Å²) >= 11 is 6.11. The summed E-state index contributed by atoms with van der Waals surface area (Å²) in [5, 5.41) is 5.76. The lowest BCUT2D eigenvalue weighted by Crippen LogP contribution is -2.30. The molecule has 2 aromatic carbocycles. The summed E-state index contributed by atoms with van der Waals surface area (Å²) in [5.74, 6) is 5.64. The summed E-state index contributed by atoms with van der Waals surface area (Å²) in [6, 6.07) is 13.2. The van der Waals surface area contributed by atoms with E-state index in [4.69, 9.17) is 22.3 Å². The molecular weight excluding hydrogens is 326 g/mol. The molecule has 2 N–H and O–H groups in total. The van der Waals surface area contributed by atoms with Crippen molar-refractivity contribution in [1.29, 1.82) is 0 Å². The quantitative estimate of drug-likeness (QED) is 0.199. The predicted octanol–water partition coefficient (Wildman–Crippen LogP) is 3.47. The maximum Gasteiger partial charge on any atom is 0.228 e. The number of aryl methyl sites for hydroxylation is 2. The van der Waals surface area contributed by atoms with Gasteiger partial charge in [-0.1, -0.05) is 47.1 Å². The van der Waals surface area contributed by atoms with Crippen molar-refractivity contribution < 1.29 is 9.63 Å². The molecule has 126 valence electrons. The van der Waals surface area contributed by atoms with Crippen LogP contribution < -0.4 is 10.9 Å². The number of benzene rings is 2. The lowest BCUT2D eigenvalue weighted by molar-refractivity contribution is -0.107. The first-order valence-corrected chi connectivity index (χ1v) is 7.99. The Hall–Kier alpha value is -2.37. The summed E-state index contributed by atoms with van der Waals surface area (Å²) in [6.07, 6.45) is 3.76. The van der Waals surface area contributed by atoms with Crippen molar-refractivity contribution >= 4 is 29.9 Å². The van der Waals surface area contributed by atoms with Gasteiger partial charge in [0.15, 0.2) is 0 Å². The number of carbonyl (C=O) groups excluding carboxylic acids is 1. The molecule has 2 aromatic rings. The number of nitrogens with zero attached hydrogens (tertiary/aromatic N) is 2. The second-order valence-corrected chi connectivity index (χ2v) is 5.69. The maximum absolute atomic E-state index is 10.9. The van der Waals surface area contributed by atoms with Crippen LogP contribution in [0.1, 0.15) is 23.1 Å². The average Bonchev–Trinajstić information content (AvgIpc) is 2.59. The molecule has 1 amide bonds. The van der Waals surface area contributed by atoms with Crippen molar-refractivity contribution in [3.8, 4) is 0 Å². The number of carbonyl (C=O) groups is 1. The highest BCUT2D eigenvalue weighted by molar-refractivity contribution is 6.31. The molecule has 0 spiro atoms. The van der Waals surface area contributed by atoms with Gasteiger partial charge in [0.1, 0.15) is 6.61 Å². The molecule has 0 radical (unpaired) electrons. The van der Waals surface area contributed by atoms with E-state index < -0.39 is 0 Å². The Bertz CT molecular complexity index is 719. The van der Waals surface area contributed by atoms with Gasteiger partial charge in [-0.05, 0) is 43.0 Å². The highest BCUT2D eigenvalue weighted by atomic mass is 35.5. The second kappa shape index (κ2) is 9.05. The molecule has 0 aliphatic rings. The van der Waals surface area contributed by atoms with E-state index in [2.05, 4.69) is 5.16 Å². The topological polar surface area (TPSA) is 67.9 Å². The van der Waals surface area contributed by atoms with Gasteiger partial charge in [0.2, 0.25) is 6.41 Å². The standard InChI is InChI=1S/C18H20ClN3O2/c1-14-6-4-10-18(22(20)13-23)16(14)12-21-24-11-5-8-15-7-2-3-9-17(15)19/h2-4,6-7,9-10,12-13H,5,8,11,20H2,1H3/b21-12-. The summed E-state index contributed by atoms with van der Waals surface area (Å²) < 4.78 is 0. The molecule has 0 aromatic heterocycles. The van der Waals surface area contributed by atoms with Gasteiger partial charge in [0.25, 0.3) is 0 Å². The molecule has 0 aliphatic carbocycles. The Labute approximate surface area is 146 Å². The highest BCUT2D eigenvalue weighted by Gasteiger charge is 2.08. The van der Waals surface area contributed by atoms with E-state index in [1.165, 1.54) is 0 Å². The van der Waals surface area contributed by atoms with Crippen molar-refractivity contribution in [3.63, 3.8) is 0 Å². The molecule has 0 fully saturated rings. The maximum atomic E-state index is 10.9. The lowest BCUT2D eigenvalue weighted by Gasteiger charge is -2.14. The minimum Gasteiger partial charge on any atom is -0.396 e. The normalized spacial score (nSPS) is 10.8. The van der Waals surface area contributed by atoms with Gasteiger partial charge < -0.3 is 4.84 Å². The number of amides is 1. The van der Waals surface area contributed by atoms with E-state index >= 15 is 0 Å². The van der Waals surface area contributed by atoms with E-state index in [9.17, 15) is 4.79 Å². The number of oxime groups is 1. The first kappa shape index (κ1) is 18.0. The van der Waals surface area contributed by atoms with Crippen LogP contribution in [0.4, 0.5) is 5.69 Å². The number of rotatable bonds is 8. The zero-order valence-electron chi connectivity index (χ0n) is 13.5. The van der Waals surface area contributed by atoms with Gasteiger partial charge >= 0.3 is 0 Å². The van der Waals surface area contributed by atoms with Crippen molar-refractivity contribution in [3.05, 3.63) is 64.2 Å². The highest BCUT2D eigenvalue weighted by Crippen LogP contribution is 2.19. The molecule has 0 aliphatic heterocycles. The molecule has 0 saturated carbocycles. The van der Waals surface area contributed by atoms with Crippen molar-refractivity contribution in [2.45, 2.75) is 19.8 Å². The van der Waals surface area contributed by atoms with Gasteiger partial charge in [-0.3, -0.25) is 9.80 Å². The number of hydrazine groups is 1. The Morgan fingerprint density at radius 2 is 2.04 bits per heavy atom. The van der Waals surface area contributed by atoms with E-state index in [1.54, 1.807) is 12.3 Å². The molecule has 0 saturated heterocycles. The fourth-order valence-electron chi connectivity index (χ4n) is 2.29. The van der Waals surface area contributed by atoms with E-state index in [-0.39, 0.29) is 0 Å². The third-order valence-electron chi connectivity index (χ3n) is 3.59. The molecule has 2 rings (SSSR count). The van der Waals surface area contributed by atoms with Crippen molar-refractivity contribution in [2.24, 2.45) is 11.0 Å². The van der Waals surface area contributed by atoms with Crippen LogP contribution in [0, 0.1) is 6.92 Å². The van der Waals surface area contributed by atoms with Crippen LogP contribution in [0.5, 0.6) is 0 Å². The minimum atomic E-state index is 0.475. The number of hydrogen-bond donors (Lipinski definition) is 1. The van der Waals surface area contributed by atoms with Crippen LogP contribution in [0.3, 0.4) is 0 Å². The van der Waals surface area contributed by atoms with Gasteiger partial charge in [0, 0.05) is 10.6 Å². The van der Waals surface area contributed by atoms with Crippen LogP contribution in [0.2, 0.25) is 5.02 Å². The molecular formula is C18H20ClN3O2. The number of hydrogen-bond acceptors (Lipinski definition) is 4. The molecule has 0 heterocycles. The van der Waals surface area contributed by atoms with Crippen molar-refractivity contribution in [1.82, 2.24) is 0 Å². The van der Waals surface area contributed by atoms with Gasteiger partial charge in [0.05, 0.1) is 11.9 Å². The largest absolute Gasteiger partial charge is 0.396 e. The summed E-state index contributed by atoms with van der Waals surface area (Å²) in [6.45, 7) is 2.39. The van der Waals surface area contributed by atoms with Gasteiger partial charge in [-0.15, -0.1) is 0 Å². The van der Waals surface area contributed by atoms with E-state index in [1.807, 2.05) is 43.3 Å². The number of nitrogens with two attached hydrogens (primary N) is 1. The van der Waals surface area contributed by atoms with Crippen LogP contribution >= 0.6 is 11.6 Å². The third kappa shape index (κ3) is 4.81. The zero-order valence-corrected chi connectivity index (χ0v) is 14.2. The summed E-state index contributed by atoms with van der Waals surface area (Å²) in [4.78, 5) is 16.2. The Kier molecular flexibility index (Phi) is 6.78. The first-order chi connectivity index (χ1) is 11.6. The van der Waals surface area contributed by atoms with Crippen molar-refractivity contribution in [2.75, 3.05) is 11.6 Å². The van der Waals surface area contributed by atoms with E-state index in [0.717, 1.165) is 39.6 Å². The van der Waals surface area contributed by atoms with Crippen LogP contribution in [0.25, 0.3) is 0 Å². The first-order valence-electron chi connectivity index (χ1n) is 7.61. The second-order valence-electron chi connectivity index (χ2n) is 5.28. The third-order valence-corrected chi connectivity index (χ3v) is 3.96. The Morgan fingerprint density at radius 3 is 2.79 bits per heavy atom. The lowest BCUT2D eigenvalue weighted by atomic mass is 10.1. The SMILES string of the molecule is Cc1cccc(N(N)C=O)c1/C=N\OCCCc1ccccc1Cl. The smallest absolute Gasteiger partial charge is 0.228 e. The van der Waals surface area contributed by atoms with Gasteiger partial charge in [-0.2, -0.15) is 0 Å². The summed E-state index contributed by atoms with van der Waals surface area (Å²) in [7, 11) is 0. The molecule has 0 bridgehead atoms. The molecule has 6 heteroatoms. The molecule has 24 heavy (non-hydrogen) atoms. The monoisotopic (exact) mass is 345 g/mol. The van der Waals surface area contributed by atoms with E-state index in [0.29, 0.717) is 18.7 Å². The predicted molar refractivity (Wildman–Crippen MR) is 97.2 cm³/mol. The molecule has 5 nitrogen and oxygen atoms in total. The fourth-order valence-corrected chi connectivity index (χ4v) is 2.52. The Balaban J connectivity index is 1.89. The average molecular weight is 346 g/mol. The van der Waals surface area contributed by atoms with Crippen LogP contribution in [-0.2, 0) is 16.1 Å². The molecule has 0 atom stereocenters. The van der Waals surface area contributed by atoms with Crippen LogP contribution in [-0.4, -0.2) is 19.2 Å². The number of halogens is 1. The van der Waals surface area contributed by atoms with Gasteiger partial charge in [-0.25, -0.2) is 5.84 Å². The minimum absolute atomic E-state index is 0.475. The Morgan fingerprint density at radius 1 is 1.25 bits per heavy atom. The van der Waals surface area contributed by atoms with Crippen LogP contribution in [0.15, 0.2) is 47.6 Å².